The van der Waals surface area contributed by atoms with Crippen LogP contribution < -0.4 is 5.73 Å². The summed E-state index contributed by atoms with van der Waals surface area (Å²) in [5.41, 5.74) is 7.70. The van der Waals surface area contributed by atoms with Crippen molar-refractivity contribution in [2.75, 3.05) is 5.73 Å². The second kappa shape index (κ2) is 2.58. The van der Waals surface area contributed by atoms with E-state index in [1.807, 2.05) is 0 Å². The second-order valence-electron chi connectivity index (χ2n) is 3.98. The third kappa shape index (κ3) is 1.11. The first-order chi connectivity index (χ1) is 6.70. The average molecular weight is 212 g/mol. The van der Waals surface area contributed by atoms with Crippen LogP contribution in [0.1, 0.15) is 24.0 Å². The molecule has 0 aromatic carbocycles. The molecule has 0 atom stereocenters. The maximum absolute atomic E-state index is 5.98. The van der Waals surface area contributed by atoms with Crippen LogP contribution in [-0.2, 0) is 17.8 Å². The number of halogens is 1. The molecule has 2 heterocycles. The molecule has 0 saturated heterocycles. The van der Waals surface area contributed by atoms with Gasteiger partial charge in [0, 0.05) is 17.5 Å². The highest BCUT2D eigenvalue weighted by Gasteiger charge is 2.47. The molecule has 2 aliphatic rings. The average Bonchev–Trinajstić information content (AvgIpc) is 2.92. The molecule has 0 radical (unpaired) electrons. The third-order valence-electron chi connectivity index (χ3n) is 3.00. The van der Waals surface area contributed by atoms with Crippen molar-refractivity contribution in [2.45, 2.75) is 31.5 Å². The van der Waals surface area contributed by atoms with Gasteiger partial charge in [-0.25, -0.2) is 0 Å². The number of hydrogen-bond acceptors (Lipinski definition) is 4. The van der Waals surface area contributed by atoms with Crippen molar-refractivity contribution in [2.24, 2.45) is 0 Å². The summed E-state index contributed by atoms with van der Waals surface area (Å²) in [6.07, 6.45) is 3.07. The minimum atomic E-state index is 0.0477. The van der Waals surface area contributed by atoms with Gasteiger partial charge in [-0.2, -0.15) is 0 Å². The molecule has 1 fully saturated rings. The number of nitrogen functional groups attached to an aromatic ring is 1. The molecule has 2 N–H and O–H groups in total. The van der Waals surface area contributed by atoms with E-state index in [0.717, 1.165) is 30.4 Å². The van der Waals surface area contributed by atoms with Crippen molar-refractivity contribution in [1.82, 2.24) is 10.2 Å². The van der Waals surface area contributed by atoms with E-state index < -0.39 is 0 Å². The van der Waals surface area contributed by atoms with Crippen LogP contribution in [0.2, 0.25) is 5.15 Å². The van der Waals surface area contributed by atoms with Crippen LogP contribution in [0.15, 0.2) is 0 Å². The van der Waals surface area contributed by atoms with Gasteiger partial charge in [-0.15, -0.1) is 10.2 Å². The molecule has 0 amide bonds. The molecule has 3 rings (SSSR count). The molecule has 4 nitrogen and oxygen atoms in total. The van der Waals surface area contributed by atoms with Crippen molar-refractivity contribution in [3.63, 3.8) is 0 Å². The summed E-state index contributed by atoms with van der Waals surface area (Å²) >= 11 is 5.98. The van der Waals surface area contributed by atoms with Crippen molar-refractivity contribution in [3.05, 3.63) is 16.3 Å². The lowest BCUT2D eigenvalue weighted by molar-refractivity contribution is 0.00822. The SMILES string of the molecule is Nc1nnc(Cl)c2c1COC1(CC1)C2. The number of hydrogen-bond donors (Lipinski definition) is 1. The van der Waals surface area contributed by atoms with Crippen molar-refractivity contribution in [1.29, 1.82) is 0 Å². The molecule has 14 heavy (non-hydrogen) atoms. The first-order valence-corrected chi connectivity index (χ1v) is 5.01. The number of anilines is 1. The van der Waals surface area contributed by atoms with E-state index in [1.54, 1.807) is 0 Å². The molecule has 1 aromatic rings. The predicted octanol–water partition coefficient (Wildman–Crippen LogP) is 1.32. The molecule has 1 aliphatic heterocycles. The maximum atomic E-state index is 5.98. The van der Waals surface area contributed by atoms with Gasteiger partial charge in [0.1, 0.15) is 0 Å². The highest BCUT2D eigenvalue weighted by Crippen LogP contribution is 2.47. The van der Waals surface area contributed by atoms with Crippen LogP contribution >= 0.6 is 11.6 Å². The molecule has 1 aromatic heterocycles. The van der Waals surface area contributed by atoms with E-state index in [4.69, 9.17) is 22.1 Å². The van der Waals surface area contributed by atoms with Gasteiger partial charge in [0.25, 0.3) is 0 Å². The first kappa shape index (κ1) is 8.44. The molecule has 5 heteroatoms. The van der Waals surface area contributed by atoms with E-state index in [2.05, 4.69) is 10.2 Å². The zero-order valence-electron chi connectivity index (χ0n) is 7.59. The zero-order chi connectivity index (χ0) is 9.76. The van der Waals surface area contributed by atoms with Crippen molar-refractivity contribution in [3.8, 4) is 0 Å². The zero-order valence-corrected chi connectivity index (χ0v) is 8.34. The van der Waals surface area contributed by atoms with E-state index >= 15 is 0 Å². The van der Waals surface area contributed by atoms with Crippen LogP contribution in [-0.4, -0.2) is 15.8 Å². The lowest BCUT2D eigenvalue weighted by Gasteiger charge is -2.25. The number of aromatic nitrogens is 2. The third-order valence-corrected chi connectivity index (χ3v) is 3.30. The smallest absolute Gasteiger partial charge is 0.155 e. The van der Waals surface area contributed by atoms with Crippen molar-refractivity contribution >= 4 is 17.4 Å². The maximum Gasteiger partial charge on any atom is 0.155 e. The highest BCUT2D eigenvalue weighted by molar-refractivity contribution is 6.30. The Balaban J connectivity index is 2.10. The van der Waals surface area contributed by atoms with Gasteiger partial charge < -0.3 is 10.5 Å². The number of nitrogens with two attached hydrogens (primary N) is 1. The minimum absolute atomic E-state index is 0.0477. The molecular weight excluding hydrogens is 202 g/mol. The summed E-state index contributed by atoms with van der Waals surface area (Å²) in [7, 11) is 0. The van der Waals surface area contributed by atoms with Gasteiger partial charge in [-0.1, -0.05) is 11.6 Å². The van der Waals surface area contributed by atoms with E-state index in [1.165, 1.54) is 0 Å². The Morgan fingerprint density at radius 3 is 2.79 bits per heavy atom. The lowest BCUT2D eigenvalue weighted by Crippen LogP contribution is -2.25. The van der Waals surface area contributed by atoms with Crippen molar-refractivity contribution < 1.29 is 4.74 Å². The van der Waals surface area contributed by atoms with Gasteiger partial charge in [0.05, 0.1) is 12.2 Å². The topological polar surface area (TPSA) is 61.0 Å². The fourth-order valence-electron chi connectivity index (χ4n) is 1.90. The summed E-state index contributed by atoms with van der Waals surface area (Å²) < 4.78 is 5.73. The molecule has 1 saturated carbocycles. The van der Waals surface area contributed by atoms with Gasteiger partial charge in [0.15, 0.2) is 11.0 Å². The molecule has 74 valence electrons. The number of nitrogens with zero attached hydrogens (tertiary/aromatic N) is 2. The Bertz CT molecular complexity index is 403. The van der Waals surface area contributed by atoms with Crippen LogP contribution in [0, 0.1) is 0 Å². The standard InChI is InChI=1S/C9H10ClN3O/c10-7-5-3-9(1-2-9)14-4-6(5)8(11)13-12-7/h1-4H2,(H2,11,13). The largest absolute Gasteiger partial charge is 0.382 e. The van der Waals surface area contributed by atoms with Gasteiger partial charge in [0.2, 0.25) is 0 Å². The monoisotopic (exact) mass is 211 g/mol. The summed E-state index contributed by atoms with van der Waals surface area (Å²) in [5, 5.41) is 8.07. The van der Waals surface area contributed by atoms with Gasteiger partial charge >= 0.3 is 0 Å². The predicted molar refractivity (Wildman–Crippen MR) is 51.9 cm³/mol. The van der Waals surface area contributed by atoms with Gasteiger partial charge in [-0.3, -0.25) is 0 Å². The van der Waals surface area contributed by atoms with Gasteiger partial charge in [-0.05, 0) is 12.8 Å². The minimum Gasteiger partial charge on any atom is -0.382 e. The van der Waals surface area contributed by atoms with E-state index in [0.29, 0.717) is 17.6 Å². The Morgan fingerprint density at radius 2 is 2.07 bits per heavy atom. The fourth-order valence-corrected chi connectivity index (χ4v) is 2.12. The Hall–Kier alpha value is -0.870. The number of fused-ring (bicyclic) bond motifs is 1. The quantitative estimate of drug-likeness (QED) is 0.703. The lowest BCUT2D eigenvalue weighted by atomic mass is 10.0. The fraction of sp³-hybridized carbons (Fsp3) is 0.556. The number of rotatable bonds is 0. The molecule has 0 unspecified atom stereocenters. The summed E-state index contributed by atoms with van der Waals surface area (Å²) in [6.45, 7) is 0.524. The first-order valence-electron chi connectivity index (χ1n) is 4.64. The van der Waals surface area contributed by atoms with E-state index in [-0.39, 0.29) is 5.60 Å². The molecule has 1 aliphatic carbocycles. The second-order valence-corrected chi connectivity index (χ2v) is 4.34. The van der Waals surface area contributed by atoms with E-state index in [9.17, 15) is 0 Å². The number of ether oxygens (including phenoxy) is 1. The molecular formula is C9H10ClN3O. The van der Waals surface area contributed by atoms with Crippen LogP contribution in [0.25, 0.3) is 0 Å². The van der Waals surface area contributed by atoms with Crippen LogP contribution in [0.4, 0.5) is 5.82 Å². The highest BCUT2D eigenvalue weighted by atomic mass is 35.5. The summed E-state index contributed by atoms with van der Waals surface area (Å²) in [4.78, 5) is 0. The molecule has 0 bridgehead atoms. The Morgan fingerprint density at radius 1 is 1.29 bits per heavy atom. The van der Waals surface area contributed by atoms with Crippen LogP contribution in [0.3, 0.4) is 0 Å². The Kier molecular flexibility index (Phi) is 1.56. The summed E-state index contributed by atoms with van der Waals surface area (Å²) in [5.74, 6) is 0.444. The van der Waals surface area contributed by atoms with Crippen LogP contribution in [0.5, 0.6) is 0 Å². The normalized spacial score (nSPS) is 22.1. The molecule has 1 spiro atoms. The summed E-state index contributed by atoms with van der Waals surface area (Å²) in [6, 6.07) is 0. The Labute approximate surface area is 86.4 Å².